The summed E-state index contributed by atoms with van der Waals surface area (Å²) in [6.45, 7) is 3.56. The maximum Gasteiger partial charge on any atom is 0.339 e. The van der Waals surface area contributed by atoms with Crippen LogP contribution in [0, 0.1) is 0 Å². The number of piperazine rings is 1. The number of hydrogen-bond acceptors (Lipinski definition) is 7. The number of carboxylic acids is 1. The number of carboxylic acid groups (broad SMARTS) is 1. The predicted molar refractivity (Wildman–Crippen MR) is 113 cm³/mol. The van der Waals surface area contributed by atoms with E-state index >= 15 is 0 Å². The van der Waals surface area contributed by atoms with Crippen molar-refractivity contribution in [3.8, 4) is 0 Å². The van der Waals surface area contributed by atoms with Crippen molar-refractivity contribution in [3.63, 3.8) is 0 Å². The molecule has 0 saturated carbocycles. The van der Waals surface area contributed by atoms with Gasteiger partial charge in [0.1, 0.15) is 11.3 Å². The molecule has 1 saturated heterocycles. The summed E-state index contributed by atoms with van der Waals surface area (Å²) in [6.07, 6.45) is 2.92. The lowest BCUT2D eigenvalue weighted by molar-refractivity contribution is 0.0698. The van der Waals surface area contributed by atoms with Crippen molar-refractivity contribution in [2.24, 2.45) is 0 Å². The number of carbonyl (C=O) groups is 2. The topological polar surface area (TPSA) is 122 Å². The van der Waals surface area contributed by atoms with Gasteiger partial charge in [-0.25, -0.2) is 9.78 Å². The third-order valence-corrected chi connectivity index (χ3v) is 5.32. The Bertz CT molecular complexity index is 1020. The van der Waals surface area contributed by atoms with E-state index in [1.807, 2.05) is 24.3 Å². The summed E-state index contributed by atoms with van der Waals surface area (Å²) in [5.41, 5.74) is 2.48. The first-order valence-corrected chi connectivity index (χ1v) is 9.98. The van der Waals surface area contributed by atoms with Gasteiger partial charge in [-0.1, -0.05) is 12.1 Å². The molecule has 29 heavy (non-hydrogen) atoms. The van der Waals surface area contributed by atoms with Crippen LogP contribution in [0.2, 0.25) is 0 Å². The van der Waals surface area contributed by atoms with Gasteiger partial charge < -0.3 is 30.9 Å². The third kappa shape index (κ3) is 4.23. The Morgan fingerprint density at radius 2 is 1.93 bits per heavy atom. The minimum atomic E-state index is -1.05. The Kier molecular flexibility index (Phi) is 5.45. The minimum absolute atomic E-state index is 0.108. The highest BCUT2D eigenvalue weighted by Gasteiger charge is 2.18. The first-order valence-electron chi connectivity index (χ1n) is 9.10. The molecule has 0 bridgehead atoms. The Morgan fingerprint density at radius 3 is 2.72 bits per heavy atom. The number of rotatable bonds is 6. The second-order valence-electron chi connectivity index (χ2n) is 6.46. The number of nitrogens with one attached hydrogen (secondary N) is 4. The molecule has 0 aliphatic carbocycles. The standard InChI is InChI=1S/C19H20N6O3S/c26-17(22-13-3-1-2-4-16(13)25-7-5-20-6-8-25)15-11-29-19(24-15)23-14-10-21-9-12(14)18(27)28/h1-4,9-11,20-21H,5-8H2,(H,22,26)(H,23,24)(H,27,28). The Labute approximate surface area is 170 Å². The molecule has 0 spiro atoms. The van der Waals surface area contributed by atoms with Crippen LogP contribution >= 0.6 is 11.3 Å². The van der Waals surface area contributed by atoms with Gasteiger partial charge in [-0.3, -0.25) is 4.79 Å². The normalized spacial score (nSPS) is 13.9. The molecule has 1 fully saturated rings. The lowest BCUT2D eigenvalue weighted by atomic mass is 10.2. The van der Waals surface area contributed by atoms with E-state index in [0.29, 0.717) is 10.8 Å². The van der Waals surface area contributed by atoms with Gasteiger partial charge in [-0.05, 0) is 12.1 Å². The molecule has 0 radical (unpaired) electrons. The minimum Gasteiger partial charge on any atom is -0.478 e. The van der Waals surface area contributed by atoms with E-state index in [0.717, 1.165) is 37.6 Å². The molecule has 10 heteroatoms. The van der Waals surface area contributed by atoms with Gasteiger partial charge in [0.25, 0.3) is 5.91 Å². The number of aromatic carboxylic acids is 1. The molecule has 4 rings (SSSR count). The number of carbonyl (C=O) groups excluding carboxylic acids is 1. The molecule has 1 amide bonds. The molecule has 3 aromatic rings. The van der Waals surface area contributed by atoms with E-state index in [2.05, 4.69) is 30.8 Å². The van der Waals surface area contributed by atoms with Gasteiger partial charge in [-0.15, -0.1) is 11.3 Å². The molecule has 5 N–H and O–H groups in total. The first kappa shape index (κ1) is 19.0. The molecule has 9 nitrogen and oxygen atoms in total. The molecular formula is C19H20N6O3S. The summed E-state index contributed by atoms with van der Waals surface area (Å²) < 4.78 is 0. The summed E-state index contributed by atoms with van der Waals surface area (Å²) >= 11 is 1.23. The Morgan fingerprint density at radius 1 is 1.14 bits per heavy atom. The first-order chi connectivity index (χ1) is 14.1. The number of benzene rings is 1. The van der Waals surface area contributed by atoms with E-state index in [-0.39, 0.29) is 17.2 Å². The third-order valence-electron chi connectivity index (χ3n) is 4.56. The number of nitrogens with zero attached hydrogens (tertiary/aromatic N) is 2. The smallest absolute Gasteiger partial charge is 0.339 e. The van der Waals surface area contributed by atoms with Gasteiger partial charge in [0, 0.05) is 44.0 Å². The van der Waals surface area contributed by atoms with Crippen molar-refractivity contribution < 1.29 is 14.7 Å². The monoisotopic (exact) mass is 412 g/mol. The zero-order valence-electron chi connectivity index (χ0n) is 15.4. The van der Waals surface area contributed by atoms with Crippen LogP contribution in [0.4, 0.5) is 22.2 Å². The van der Waals surface area contributed by atoms with E-state index in [1.54, 1.807) is 5.38 Å². The average molecular weight is 412 g/mol. The number of aromatic amines is 1. The number of aromatic nitrogens is 2. The number of amides is 1. The van der Waals surface area contributed by atoms with Crippen LogP contribution in [0.1, 0.15) is 20.8 Å². The summed E-state index contributed by atoms with van der Waals surface area (Å²) in [5, 5.41) is 20.4. The van der Waals surface area contributed by atoms with Crippen molar-refractivity contribution in [1.82, 2.24) is 15.3 Å². The highest BCUT2D eigenvalue weighted by molar-refractivity contribution is 7.14. The van der Waals surface area contributed by atoms with Gasteiger partial charge in [0.05, 0.1) is 17.1 Å². The van der Waals surface area contributed by atoms with Gasteiger partial charge in [-0.2, -0.15) is 0 Å². The molecule has 1 aromatic carbocycles. The molecule has 150 valence electrons. The van der Waals surface area contributed by atoms with Crippen LogP contribution in [0.5, 0.6) is 0 Å². The summed E-state index contributed by atoms with van der Waals surface area (Å²) in [4.78, 5) is 33.2. The highest BCUT2D eigenvalue weighted by Crippen LogP contribution is 2.28. The molecule has 1 aliphatic rings. The Balaban J connectivity index is 1.47. The van der Waals surface area contributed by atoms with Crippen LogP contribution in [0.15, 0.2) is 42.0 Å². The highest BCUT2D eigenvalue weighted by atomic mass is 32.1. The van der Waals surface area contributed by atoms with Gasteiger partial charge in [0.15, 0.2) is 5.13 Å². The summed E-state index contributed by atoms with van der Waals surface area (Å²) in [6, 6.07) is 7.71. The van der Waals surface area contributed by atoms with E-state index in [1.165, 1.54) is 23.7 Å². The number of H-pyrrole nitrogens is 1. The van der Waals surface area contributed by atoms with E-state index < -0.39 is 5.97 Å². The van der Waals surface area contributed by atoms with Crippen LogP contribution in [-0.4, -0.2) is 53.1 Å². The van der Waals surface area contributed by atoms with E-state index in [9.17, 15) is 14.7 Å². The molecule has 2 aromatic heterocycles. The fourth-order valence-corrected chi connectivity index (χ4v) is 3.84. The van der Waals surface area contributed by atoms with Crippen molar-refractivity contribution in [3.05, 3.63) is 53.3 Å². The second kappa shape index (κ2) is 8.33. The van der Waals surface area contributed by atoms with Gasteiger partial charge in [0.2, 0.25) is 0 Å². The quantitative estimate of drug-likeness (QED) is 0.422. The number of para-hydroxylation sites is 2. The van der Waals surface area contributed by atoms with Crippen molar-refractivity contribution in [1.29, 1.82) is 0 Å². The maximum absolute atomic E-state index is 12.7. The lowest BCUT2D eigenvalue weighted by Gasteiger charge is -2.31. The molecule has 0 unspecified atom stereocenters. The largest absolute Gasteiger partial charge is 0.478 e. The lowest BCUT2D eigenvalue weighted by Crippen LogP contribution is -2.43. The molecule has 3 heterocycles. The van der Waals surface area contributed by atoms with Crippen molar-refractivity contribution in [2.75, 3.05) is 41.7 Å². The summed E-state index contributed by atoms with van der Waals surface area (Å²) in [7, 11) is 0. The molecular weight excluding hydrogens is 392 g/mol. The Hall–Kier alpha value is -3.37. The van der Waals surface area contributed by atoms with Crippen LogP contribution in [-0.2, 0) is 0 Å². The SMILES string of the molecule is O=C(Nc1ccccc1N1CCNCC1)c1csc(Nc2c[nH]cc2C(=O)O)n1. The molecule has 1 aliphatic heterocycles. The average Bonchev–Trinajstić information content (AvgIpc) is 3.39. The van der Waals surface area contributed by atoms with E-state index in [4.69, 9.17) is 0 Å². The summed E-state index contributed by atoms with van der Waals surface area (Å²) in [5.74, 6) is -1.36. The zero-order valence-corrected chi connectivity index (χ0v) is 16.3. The van der Waals surface area contributed by atoms with Crippen LogP contribution < -0.4 is 20.9 Å². The number of hydrogen-bond donors (Lipinski definition) is 5. The van der Waals surface area contributed by atoms with Crippen LogP contribution in [0.3, 0.4) is 0 Å². The van der Waals surface area contributed by atoms with Gasteiger partial charge >= 0.3 is 5.97 Å². The maximum atomic E-state index is 12.7. The number of anilines is 4. The molecule has 0 atom stereocenters. The fourth-order valence-electron chi connectivity index (χ4n) is 3.14. The predicted octanol–water partition coefficient (Wildman–Crippen LogP) is 2.57. The number of thiazole rings is 1. The van der Waals surface area contributed by atoms with Crippen LogP contribution in [0.25, 0.3) is 0 Å². The zero-order chi connectivity index (χ0) is 20.2. The van der Waals surface area contributed by atoms with Crippen molar-refractivity contribution >= 4 is 45.4 Å². The second-order valence-corrected chi connectivity index (χ2v) is 7.32. The van der Waals surface area contributed by atoms with Crippen molar-refractivity contribution in [2.45, 2.75) is 0 Å². The fraction of sp³-hybridized carbons (Fsp3) is 0.211.